The number of amides is 1. The predicted molar refractivity (Wildman–Crippen MR) is 55.9 cm³/mol. The first-order chi connectivity index (χ1) is 6.49. The van der Waals surface area contributed by atoms with Crippen LogP contribution in [0.4, 0.5) is 11.5 Å². The summed E-state index contributed by atoms with van der Waals surface area (Å²) in [5.41, 5.74) is 11.1. The van der Waals surface area contributed by atoms with Crippen LogP contribution in [-0.2, 0) is 4.79 Å². The van der Waals surface area contributed by atoms with Crippen LogP contribution in [0.5, 0.6) is 0 Å². The zero-order chi connectivity index (χ0) is 10.7. The first-order valence-electron chi connectivity index (χ1n) is 3.98. The molecule has 0 saturated heterocycles. The molecule has 0 radical (unpaired) electrons. The SMILES string of the molecule is CC(Nc1cc(N)cc(Cl)n1)C(N)=O. The second kappa shape index (κ2) is 4.15. The van der Waals surface area contributed by atoms with E-state index in [-0.39, 0.29) is 5.15 Å². The summed E-state index contributed by atoms with van der Waals surface area (Å²) in [6.45, 7) is 1.63. The summed E-state index contributed by atoms with van der Waals surface area (Å²) in [4.78, 5) is 14.7. The largest absolute Gasteiger partial charge is 0.399 e. The van der Waals surface area contributed by atoms with Crippen LogP contribution < -0.4 is 16.8 Å². The molecule has 1 rings (SSSR count). The molecule has 1 atom stereocenters. The summed E-state index contributed by atoms with van der Waals surface area (Å²) < 4.78 is 0. The Morgan fingerprint density at radius 2 is 2.29 bits per heavy atom. The van der Waals surface area contributed by atoms with Crippen LogP contribution in [0.15, 0.2) is 12.1 Å². The van der Waals surface area contributed by atoms with Gasteiger partial charge in [-0.25, -0.2) is 4.98 Å². The van der Waals surface area contributed by atoms with E-state index in [1.54, 1.807) is 13.0 Å². The Hall–Kier alpha value is -1.49. The van der Waals surface area contributed by atoms with Gasteiger partial charge in [0.05, 0.1) is 0 Å². The molecule has 1 amide bonds. The lowest BCUT2D eigenvalue weighted by Gasteiger charge is -2.11. The van der Waals surface area contributed by atoms with Crippen molar-refractivity contribution in [1.29, 1.82) is 0 Å². The van der Waals surface area contributed by atoms with Gasteiger partial charge in [-0.3, -0.25) is 4.79 Å². The van der Waals surface area contributed by atoms with Gasteiger partial charge < -0.3 is 16.8 Å². The highest BCUT2D eigenvalue weighted by Gasteiger charge is 2.09. The van der Waals surface area contributed by atoms with Crippen molar-refractivity contribution in [2.24, 2.45) is 5.73 Å². The van der Waals surface area contributed by atoms with Crippen LogP contribution in [0.2, 0.25) is 5.15 Å². The fourth-order valence-corrected chi connectivity index (χ4v) is 1.10. The first-order valence-corrected chi connectivity index (χ1v) is 4.36. The van der Waals surface area contributed by atoms with Crippen LogP contribution in [0.1, 0.15) is 6.92 Å². The van der Waals surface area contributed by atoms with Gasteiger partial charge in [-0.2, -0.15) is 0 Å². The molecule has 0 fully saturated rings. The van der Waals surface area contributed by atoms with Crippen molar-refractivity contribution < 1.29 is 4.79 Å². The molecular weight excluding hydrogens is 204 g/mol. The van der Waals surface area contributed by atoms with Gasteiger partial charge >= 0.3 is 0 Å². The zero-order valence-electron chi connectivity index (χ0n) is 7.62. The number of nitrogens with one attached hydrogen (secondary N) is 1. The van der Waals surface area contributed by atoms with Gasteiger partial charge in [-0.05, 0) is 13.0 Å². The molecule has 5 N–H and O–H groups in total. The average molecular weight is 215 g/mol. The summed E-state index contributed by atoms with van der Waals surface area (Å²) >= 11 is 5.67. The number of nitrogen functional groups attached to an aromatic ring is 1. The van der Waals surface area contributed by atoms with E-state index in [4.69, 9.17) is 23.1 Å². The van der Waals surface area contributed by atoms with Gasteiger partial charge in [0.1, 0.15) is 17.0 Å². The topological polar surface area (TPSA) is 94.0 Å². The van der Waals surface area contributed by atoms with Crippen LogP contribution in [0, 0.1) is 0 Å². The third kappa shape index (κ3) is 2.77. The Morgan fingerprint density at radius 3 is 2.79 bits per heavy atom. The molecule has 1 heterocycles. The molecule has 6 heteroatoms. The molecule has 0 aliphatic carbocycles. The Kier molecular flexibility index (Phi) is 3.14. The quantitative estimate of drug-likeness (QED) is 0.643. The number of carbonyl (C=O) groups is 1. The molecular formula is C8H11ClN4O. The molecule has 76 valence electrons. The van der Waals surface area contributed by atoms with E-state index in [1.165, 1.54) is 6.07 Å². The molecule has 0 saturated carbocycles. The predicted octanol–water partition coefficient (Wildman–Crippen LogP) is 0.603. The maximum atomic E-state index is 10.7. The first kappa shape index (κ1) is 10.6. The van der Waals surface area contributed by atoms with Gasteiger partial charge in [0.2, 0.25) is 5.91 Å². The number of hydrogen-bond donors (Lipinski definition) is 3. The van der Waals surface area contributed by atoms with E-state index in [2.05, 4.69) is 10.3 Å². The maximum absolute atomic E-state index is 10.7. The average Bonchev–Trinajstić information content (AvgIpc) is 2.01. The molecule has 0 aliphatic rings. The molecule has 0 aromatic carbocycles. The Balaban J connectivity index is 2.81. The van der Waals surface area contributed by atoms with Crippen molar-refractivity contribution in [2.45, 2.75) is 13.0 Å². The molecule has 1 unspecified atom stereocenters. The molecule has 0 bridgehead atoms. The number of primary amides is 1. The van der Waals surface area contributed by atoms with Crippen LogP contribution in [0.25, 0.3) is 0 Å². The van der Waals surface area contributed by atoms with Gasteiger partial charge in [0.15, 0.2) is 0 Å². The van der Waals surface area contributed by atoms with Gasteiger partial charge in [0, 0.05) is 11.8 Å². The maximum Gasteiger partial charge on any atom is 0.239 e. The second-order valence-electron chi connectivity index (χ2n) is 2.88. The highest BCUT2D eigenvalue weighted by atomic mass is 35.5. The number of hydrogen-bond acceptors (Lipinski definition) is 4. The zero-order valence-corrected chi connectivity index (χ0v) is 8.38. The Morgan fingerprint density at radius 1 is 1.64 bits per heavy atom. The monoisotopic (exact) mass is 214 g/mol. The van der Waals surface area contributed by atoms with Crippen molar-refractivity contribution in [3.63, 3.8) is 0 Å². The summed E-state index contributed by atoms with van der Waals surface area (Å²) in [5, 5.41) is 3.04. The highest BCUT2D eigenvalue weighted by molar-refractivity contribution is 6.29. The number of halogens is 1. The lowest BCUT2D eigenvalue weighted by molar-refractivity contribution is -0.118. The number of carbonyl (C=O) groups excluding carboxylic acids is 1. The van der Waals surface area contributed by atoms with Crippen molar-refractivity contribution in [3.05, 3.63) is 17.3 Å². The summed E-state index contributed by atoms with van der Waals surface area (Å²) in [5.74, 6) is -0.0355. The van der Waals surface area contributed by atoms with E-state index in [0.717, 1.165) is 0 Å². The Bertz CT molecular complexity index is 335. The van der Waals surface area contributed by atoms with Gasteiger partial charge in [-0.15, -0.1) is 0 Å². The van der Waals surface area contributed by atoms with Gasteiger partial charge in [0.25, 0.3) is 0 Å². The summed E-state index contributed by atoms with van der Waals surface area (Å²) in [6.07, 6.45) is 0. The summed E-state index contributed by atoms with van der Waals surface area (Å²) in [7, 11) is 0. The fraction of sp³-hybridized carbons (Fsp3) is 0.250. The van der Waals surface area contributed by atoms with E-state index < -0.39 is 11.9 Å². The normalized spacial score (nSPS) is 12.1. The number of anilines is 2. The molecule has 5 nitrogen and oxygen atoms in total. The van der Waals surface area contributed by atoms with Crippen molar-refractivity contribution in [1.82, 2.24) is 4.98 Å². The lowest BCUT2D eigenvalue weighted by atomic mass is 10.3. The van der Waals surface area contributed by atoms with Crippen LogP contribution in [0.3, 0.4) is 0 Å². The molecule has 14 heavy (non-hydrogen) atoms. The highest BCUT2D eigenvalue weighted by Crippen LogP contribution is 2.16. The summed E-state index contributed by atoms with van der Waals surface area (Å²) in [6, 6.07) is 2.58. The molecule has 0 aliphatic heterocycles. The number of pyridine rings is 1. The van der Waals surface area contributed by atoms with Crippen molar-refractivity contribution in [3.8, 4) is 0 Å². The molecule has 1 aromatic heterocycles. The lowest BCUT2D eigenvalue weighted by Crippen LogP contribution is -2.32. The number of aromatic nitrogens is 1. The minimum absolute atomic E-state index is 0.268. The van der Waals surface area contributed by atoms with Crippen LogP contribution >= 0.6 is 11.6 Å². The third-order valence-electron chi connectivity index (χ3n) is 1.61. The minimum atomic E-state index is -0.514. The van der Waals surface area contributed by atoms with Crippen molar-refractivity contribution >= 4 is 29.0 Å². The number of nitrogens with zero attached hydrogens (tertiary/aromatic N) is 1. The minimum Gasteiger partial charge on any atom is -0.399 e. The fourth-order valence-electron chi connectivity index (χ4n) is 0.884. The van der Waals surface area contributed by atoms with E-state index in [1.807, 2.05) is 0 Å². The van der Waals surface area contributed by atoms with Gasteiger partial charge in [-0.1, -0.05) is 11.6 Å². The number of rotatable bonds is 3. The number of nitrogens with two attached hydrogens (primary N) is 2. The van der Waals surface area contributed by atoms with Crippen molar-refractivity contribution in [2.75, 3.05) is 11.1 Å². The van der Waals surface area contributed by atoms with E-state index >= 15 is 0 Å². The third-order valence-corrected chi connectivity index (χ3v) is 1.80. The molecule has 0 spiro atoms. The Labute approximate surface area is 86.4 Å². The standard InChI is InChI=1S/C8H11ClN4O/c1-4(8(11)14)12-7-3-5(10)2-6(9)13-7/h2-4H,1H3,(H2,11,14)(H3,10,12,13). The van der Waals surface area contributed by atoms with Crippen LogP contribution in [-0.4, -0.2) is 16.9 Å². The smallest absolute Gasteiger partial charge is 0.239 e. The molecule has 1 aromatic rings. The second-order valence-corrected chi connectivity index (χ2v) is 3.26. The van der Waals surface area contributed by atoms with E-state index in [0.29, 0.717) is 11.5 Å². The van der Waals surface area contributed by atoms with E-state index in [9.17, 15) is 4.79 Å².